The van der Waals surface area contributed by atoms with Gasteiger partial charge in [0.05, 0.1) is 34.4 Å². The molecule has 240 valence electrons. The molecule has 2 unspecified atom stereocenters. The molecule has 0 aliphatic heterocycles. The minimum atomic E-state index is -4.47. The second kappa shape index (κ2) is 26.4. The number of nitrogens with zero attached hydrogens (tertiary/aromatic N) is 1. The van der Waals surface area contributed by atoms with E-state index in [1.165, 1.54) is 58.3 Å². The van der Waals surface area contributed by atoms with Gasteiger partial charge in [0.2, 0.25) is 0 Å². The molecule has 0 spiro atoms. The highest BCUT2D eigenvalue weighted by atomic mass is 31.2. The summed E-state index contributed by atoms with van der Waals surface area (Å²) in [5, 5.41) is 0. The van der Waals surface area contributed by atoms with Crippen LogP contribution in [0.15, 0.2) is 36.5 Å². The van der Waals surface area contributed by atoms with Gasteiger partial charge in [0.15, 0.2) is 0 Å². The Labute approximate surface area is 251 Å². The van der Waals surface area contributed by atoms with Crippen LogP contribution in [-0.2, 0) is 27.9 Å². The van der Waals surface area contributed by atoms with E-state index in [0.717, 1.165) is 38.5 Å². The number of likely N-dealkylation sites (N-methyl/N-ethyl adjacent to an activating group) is 1. The Kier molecular flexibility index (Phi) is 25.5. The first-order valence-corrected chi connectivity index (χ1v) is 17.1. The third-order valence-electron chi connectivity index (χ3n) is 6.24. The number of carbonyl (C=O) groups excluding carboxylic acids is 1. The molecule has 9 heteroatoms. The molecule has 0 aliphatic carbocycles. The molecule has 0 aliphatic rings. The van der Waals surface area contributed by atoms with E-state index in [-0.39, 0.29) is 19.8 Å². The van der Waals surface area contributed by atoms with Crippen molar-refractivity contribution >= 4 is 13.8 Å². The Morgan fingerprint density at radius 2 is 1.29 bits per heavy atom. The van der Waals surface area contributed by atoms with Crippen molar-refractivity contribution in [3.63, 3.8) is 0 Å². The van der Waals surface area contributed by atoms with Gasteiger partial charge in [-0.3, -0.25) is 9.36 Å². The molecule has 2 atom stereocenters. The highest BCUT2D eigenvalue weighted by Crippen LogP contribution is 2.38. The number of esters is 1. The second-order valence-electron chi connectivity index (χ2n) is 11.5. The van der Waals surface area contributed by atoms with Crippen molar-refractivity contribution in [2.75, 3.05) is 54.1 Å². The molecule has 0 aromatic carbocycles. The summed E-state index contributed by atoms with van der Waals surface area (Å²) in [6.45, 7) is 4.32. The van der Waals surface area contributed by atoms with Gasteiger partial charge in [-0.2, -0.15) is 0 Å². The molecule has 0 bridgehead atoms. The number of carbonyl (C=O) groups is 1. The molecule has 41 heavy (non-hydrogen) atoms. The number of phosphoric ester groups is 1. The van der Waals surface area contributed by atoms with Gasteiger partial charge in [0.25, 0.3) is 7.82 Å². The fourth-order valence-corrected chi connectivity index (χ4v) is 4.57. The van der Waals surface area contributed by atoms with Crippen LogP contribution >= 0.6 is 7.82 Å². The number of ether oxygens (including phenoxy) is 2. The van der Waals surface area contributed by atoms with Crippen molar-refractivity contribution < 1.29 is 37.3 Å². The predicted octanol–water partition coefficient (Wildman–Crippen LogP) is 7.29. The zero-order chi connectivity index (χ0) is 30.7. The summed E-state index contributed by atoms with van der Waals surface area (Å²) in [5.74, 6) is -0.516. The molecule has 0 heterocycles. The maximum atomic E-state index is 12.0. The maximum absolute atomic E-state index is 12.0. The molecule has 0 aromatic rings. The van der Waals surface area contributed by atoms with E-state index >= 15 is 0 Å². The van der Waals surface area contributed by atoms with Crippen LogP contribution in [0.4, 0.5) is 0 Å². The highest BCUT2D eigenvalue weighted by molar-refractivity contribution is 7.45. The first-order valence-electron chi connectivity index (χ1n) is 15.7. The quantitative estimate of drug-likeness (QED) is 0.0306. The van der Waals surface area contributed by atoms with Gasteiger partial charge in [-0.1, -0.05) is 88.3 Å². The van der Waals surface area contributed by atoms with Crippen molar-refractivity contribution in [2.24, 2.45) is 0 Å². The minimum absolute atomic E-state index is 0.0195. The van der Waals surface area contributed by atoms with E-state index in [4.69, 9.17) is 18.5 Å². The lowest BCUT2D eigenvalue weighted by molar-refractivity contribution is -0.870. The van der Waals surface area contributed by atoms with Crippen molar-refractivity contribution in [1.29, 1.82) is 0 Å². The fraction of sp³-hybridized carbons (Fsp3) is 0.781. The minimum Gasteiger partial charge on any atom is -0.756 e. The number of rotatable bonds is 28. The SMILES string of the molecule is CCCCC/C=C\C/C=C\C/C=C\CCCCCCCCCOCC(COP(=O)([O-])OCC[N+](C)(C)C)OC(C)=O. The maximum Gasteiger partial charge on any atom is 0.303 e. The number of hydrogen-bond donors (Lipinski definition) is 0. The zero-order valence-electron chi connectivity index (χ0n) is 26.7. The Balaban J connectivity index is 3.75. The normalized spacial score (nSPS) is 14.8. The monoisotopic (exact) mass is 601 g/mol. The van der Waals surface area contributed by atoms with Crippen LogP contribution in [0.3, 0.4) is 0 Å². The average molecular weight is 602 g/mol. The number of unbranched alkanes of at least 4 members (excludes halogenated alkanes) is 10. The molecular weight excluding hydrogens is 541 g/mol. The van der Waals surface area contributed by atoms with Crippen molar-refractivity contribution in [2.45, 2.75) is 110 Å². The Morgan fingerprint density at radius 3 is 1.85 bits per heavy atom. The molecule has 0 aromatic heterocycles. The summed E-state index contributed by atoms with van der Waals surface area (Å²) in [7, 11) is 1.33. The second-order valence-corrected chi connectivity index (χ2v) is 13.0. The van der Waals surface area contributed by atoms with Crippen LogP contribution in [0.5, 0.6) is 0 Å². The van der Waals surface area contributed by atoms with Gasteiger partial charge in [-0.05, 0) is 44.9 Å². The molecule has 0 N–H and O–H groups in total. The van der Waals surface area contributed by atoms with Crippen LogP contribution < -0.4 is 4.89 Å². The summed E-state index contributed by atoms with van der Waals surface area (Å²) >= 11 is 0. The molecule has 0 saturated carbocycles. The molecule has 8 nitrogen and oxygen atoms in total. The van der Waals surface area contributed by atoms with Crippen molar-refractivity contribution in [3.05, 3.63) is 36.5 Å². The van der Waals surface area contributed by atoms with Gasteiger partial charge < -0.3 is 27.9 Å². The van der Waals surface area contributed by atoms with Gasteiger partial charge in [0, 0.05) is 13.5 Å². The third kappa shape index (κ3) is 31.5. The summed E-state index contributed by atoms with van der Waals surface area (Å²) in [6, 6.07) is 0. The summed E-state index contributed by atoms with van der Waals surface area (Å²) in [4.78, 5) is 23.3. The van der Waals surface area contributed by atoms with E-state index in [9.17, 15) is 14.3 Å². The van der Waals surface area contributed by atoms with Crippen molar-refractivity contribution in [1.82, 2.24) is 0 Å². The number of allylic oxidation sites excluding steroid dienone is 6. The Hall–Kier alpha value is -1.28. The fourth-order valence-electron chi connectivity index (χ4n) is 3.84. The highest BCUT2D eigenvalue weighted by Gasteiger charge is 2.19. The van der Waals surface area contributed by atoms with Crippen LogP contribution in [-0.4, -0.2) is 70.7 Å². The molecule has 0 saturated heterocycles. The number of phosphoric acid groups is 1. The Morgan fingerprint density at radius 1 is 0.756 bits per heavy atom. The lowest BCUT2D eigenvalue weighted by atomic mass is 10.1. The standard InChI is InChI=1S/C32H60NO7P/c1-6-7-8-9-10-11-12-13-14-15-16-17-18-19-20-21-22-23-24-25-27-37-29-32(40-31(2)34)30-39-41(35,36)38-28-26-33(3,4)5/h10-11,13-14,16-17,32H,6-9,12,15,18-30H2,1-5H3/b11-10-,14-13-,17-16-. The van der Waals surface area contributed by atoms with Crippen molar-refractivity contribution in [3.8, 4) is 0 Å². The van der Waals surface area contributed by atoms with Gasteiger partial charge in [-0.15, -0.1) is 0 Å². The van der Waals surface area contributed by atoms with Gasteiger partial charge in [-0.25, -0.2) is 0 Å². The number of quaternary nitrogens is 1. The first-order chi connectivity index (χ1) is 19.6. The molecule has 0 rings (SSSR count). The predicted molar refractivity (Wildman–Crippen MR) is 167 cm³/mol. The topological polar surface area (TPSA) is 94.1 Å². The lowest BCUT2D eigenvalue weighted by Crippen LogP contribution is -2.37. The van der Waals surface area contributed by atoms with Crippen LogP contribution in [0.25, 0.3) is 0 Å². The van der Waals surface area contributed by atoms with Crippen LogP contribution in [0.2, 0.25) is 0 Å². The summed E-state index contributed by atoms with van der Waals surface area (Å²) in [5.41, 5.74) is 0. The molecule has 0 amide bonds. The van der Waals surface area contributed by atoms with E-state index < -0.39 is 19.9 Å². The largest absolute Gasteiger partial charge is 0.756 e. The van der Waals surface area contributed by atoms with Gasteiger partial charge >= 0.3 is 5.97 Å². The summed E-state index contributed by atoms with van der Waals surface area (Å²) in [6.07, 6.45) is 29.3. The van der Waals surface area contributed by atoms with E-state index in [1.807, 2.05) is 21.1 Å². The molecular formula is C32H60NO7P. The molecule has 0 fully saturated rings. The molecule has 0 radical (unpaired) electrons. The van der Waals surface area contributed by atoms with E-state index in [0.29, 0.717) is 17.6 Å². The Bertz CT molecular complexity index is 762. The first kappa shape index (κ1) is 39.7. The van der Waals surface area contributed by atoms with E-state index in [1.54, 1.807) is 0 Å². The van der Waals surface area contributed by atoms with Gasteiger partial charge in [0.1, 0.15) is 19.3 Å². The van der Waals surface area contributed by atoms with E-state index in [2.05, 4.69) is 43.4 Å². The van der Waals surface area contributed by atoms with Crippen LogP contribution in [0, 0.1) is 0 Å². The average Bonchev–Trinajstić information content (AvgIpc) is 2.89. The third-order valence-corrected chi connectivity index (χ3v) is 7.21. The summed E-state index contributed by atoms with van der Waals surface area (Å²) < 4.78 is 33.1. The smallest absolute Gasteiger partial charge is 0.303 e. The van der Waals surface area contributed by atoms with Crippen LogP contribution in [0.1, 0.15) is 104 Å². The number of hydrogen-bond acceptors (Lipinski definition) is 7. The zero-order valence-corrected chi connectivity index (χ0v) is 27.6. The lowest BCUT2D eigenvalue weighted by Gasteiger charge is -2.28.